The zero-order chi connectivity index (χ0) is 26.1. The van der Waals surface area contributed by atoms with E-state index in [4.69, 9.17) is 33.7 Å². The predicted molar refractivity (Wildman–Crippen MR) is 141 cm³/mol. The van der Waals surface area contributed by atoms with Crippen molar-refractivity contribution in [3.8, 4) is 23.1 Å². The van der Waals surface area contributed by atoms with Gasteiger partial charge in [-0.1, -0.05) is 6.07 Å². The maximum absolute atomic E-state index is 5.62. The summed E-state index contributed by atoms with van der Waals surface area (Å²) in [4.78, 5) is 14.6. The molecule has 11 nitrogen and oxygen atoms in total. The van der Waals surface area contributed by atoms with Crippen LogP contribution in [0, 0.1) is 0 Å². The van der Waals surface area contributed by atoms with Gasteiger partial charge in [-0.3, -0.25) is 9.80 Å². The second kappa shape index (κ2) is 10.6. The Morgan fingerprint density at radius 2 is 1.97 bits per heavy atom. The fourth-order valence-corrected chi connectivity index (χ4v) is 5.45. The third-order valence-electron chi connectivity index (χ3n) is 7.47. The summed E-state index contributed by atoms with van der Waals surface area (Å²) in [7, 11) is 5.07. The number of nitrogens with one attached hydrogen (secondary N) is 1. The number of fused-ring (bicyclic) bond motifs is 2. The monoisotopic (exact) mass is 519 g/mol. The van der Waals surface area contributed by atoms with Gasteiger partial charge in [0.15, 0.2) is 22.9 Å². The topological polar surface area (TPSA) is 102 Å². The fourth-order valence-electron chi connectivity index (χ4n) is 5.45. The summed E-state index contributed by atoms with van der Waals surface area (Å²) >= 11 is 0. The van der Waals surface area contributed by atoms with E-state index in [0.29, 0.717) is 47.7 Å². The zero-order valence-corrected chi connectivity index (χ0v) is 22.0. The Labute approximate surface area is 221 Å². The van der Waals surface area contributed by atoms with Crippen molar-refractivity contribution in [2.75, 3.05) is 52.8 Å². The van der Waals surface area contributed by atoms with Crippen LogP contribution in [0.5, 0.6) is 11.5 Å². The van der Waals surface area contributed by atoms with Gasteiger partial charge in [0.25, 0.3) is 0 Å². The molecule has 38 heavy (non-hydrogen) atoms. The van der Waals surface area contributed by atoms with E-state index < -0.39 is 0 Å². The number of hydrogen-bond acceptors (Lipinski definition) is 10. The number of methoxy groups -OCH3 is 3. The van der Waals surface area contributed by atoms with Crippen molar-refractivity contribution in [1.29, 1.82) is 0 Å². The van der Waals surface area contributed by atoms with Crippen LogP contribution in [-0.4, -0.2) is 89.0 Å². The predicted octanol–water partition coefficient (Wildman–Crippen LogP) is 2.92. The summed E-state index contributed by atoms with van der Waals surface area (Å²) in [5.41, 5.74) is 2.82. The van der Waals surface area contributed by atoms with Crippen molar-refractivity contribution in [3.05, 3.63) is 53.9 Å². The van der Waals surface area contributed by atoms with Gasteiger partial charge in [-0.15, -0.1) is 5.10 Å². The number of ether oxygens (including phenoxy) is 3. The fraction of sp³-hybridized carbons (Fsp3) is 0.444. The number of benzene rings is 1. The average Bonchev–Trinajstić information content (AvgIpc) is 3.71. The minimum absolute atomic E-state index is 0.330. The Bertz CT molecular complexity index is 1390. The van der Waals surface area contributed by atoms with E-state index in [0.717, 1.165) is 55.9 Å². The number of nitrogens with zero attached hydrogens (tertiary/aromatic N) is 6. The smallest absolute Gasteiger partial charge is 0.226 e. The molecule has 2 atom stereocenters. The highest BCUT2D eigenvalue weighted by Gasteiger charge is 2.36. The summed E-state index contributed by atoms with van der Waals surface area (Å²) in [6.07, 6.45) is 4.95. The molecule has 1 N–H and O–H groups in total. The standard InChI is InChI=1S/C27H33N7O4/c1-35-21-12-20-16-32(8-9-33(20)17-21)15-19-14-29-27(28-13-18-6-7-22(36-2)24(11-18)37-3)34-26(19)30-25(31-34)23-5-4-10-38-23/h4-7,10-11,14,20-21H,8-9,12-13,15-17H2,1-3H3,(H,28,29)/t20-,21+/m0/s1. The van der Waals surface area contributed by atoms with Crippen molar-refractivity contribution in [2.24, 2.45) is 0 Å². The summed E-state index contributed by atoms with van der Waals surface area (Å²) in [5, 5.41) is 8.17. The normalized spacial score (nSPS) is 20.1. The second-order valence-corrected chi connectivity index (χ2v) is 9.78. The average molecular weight is 520 g/mol. The van der Waals surface area contributed by atoms with Crippen molar-refractivity contribution in [2.45, 2.75) is 31.7 Å². The highest BCUT2D eigenvalue weighted by atomic mass is 16.5. The largest absolute Gasteiger partial charge is 0.493 e. The van der Waals surface area contributed by atoms with Crippen LogP contribution in [0.4, 0.5) is 5.95 Å². The molecule has 0 aliphatic carbocycles. The molecule has 0 bridgehead atoms. The molecule has 4 aromatic rings. The first-order valence-corrected chi connectivity index (χ1v) is 12.9. The van der Waals surface area contributed by atoms with Gasteiger partial charge >= 0.3 is 0 Å². The van der Waals surface area contributed by atoms with E-state index >= 15 is 0 Å². The highest BCUT2D eigenvalue weighted by Crippen LogP contribution is 2.29. The van der Waals surface area contributed by atoms with Gasteiger partial charge in [0.2, 0.25) is 11.8 Å². The number of hydrogen-bond donors (Lipinski definition) is 1. The van der Waals surface area contributed by atoms with Gasteiger partial charge in [-0.2, -0.15) is 4.52 Å². The molecule has 1 aromatic carbocycles. The quantitative estimate of drug-likeness (QED) is 0.355. The molecule has 0 unspecified atom stereocenters. The van der Waals surface area contributed by atoms with Crippen LogP contribution in [0.1, 0.15) is 17.5 Å². The molecule has 200 valence electrons. The lowest BCUT2D eigenvalue weighted by atomic mass is 10.1. The lowest BCUT2D eigenvalue weighted by Gasteiger charge is -2.37. The van der Waals surface area contributed by atoms with Gasteiger partial charge in [0, 0.05) is 64.2 Å². The molecule has 0 saturated carbocycles. The number of furan rings is 1. The SMILES string of the molecule is COc1ccc(CNc2ncc(CN3CCN4C[C@H](OC)C[C@H]4C3)c3nc(-c4ccco4)nn23)cc1OC. The highest BCUT2D eigenvalue weighted by molar-refractivity contribution is 5.58. The van der Waals surface area contributed by atoms with Gasteiger partial charge in [-0.05, 0) is 36.2 Å². The Kier molecular flexibility index (Phi) is 6.88. The number of anilines is 1. The minimum atomic E-state index is 0.330. The van der Waals surface area contributed by atoms with Gasteiger partial charge in [-0.25, -0.2) is 9.97 Å². The minimum Gasteiger partial charge on any atom is -0.493 e. The molecule has 3 aromatic heterocycles. The third kappa shape index (κ3) is 4.80. The van der Waals surface area contributed by atoms with E-state index in [1.165, 1.54) is 0 Å². The van der Waals surface area contributed by atoms with Crippen molar-refractivity contribution >= 4 is 11.6 Å². The molecule has 2 saturated heterocycles. The first kappa shape index (κ1) is 24.7. The summed E-state index contributed by atoms with van der Waals surface area (Å²) in [6, 6.07) is 10.1. The molecule has 0 amide bonds. The Morgan fingerprint density at radius 3 is 2.76 bits per heavy atom. The lowest BCUT2D eigenvalue weighted by Crippen LogP contribution is -2.49. The van der Waals surface area contributed by atoms with E-state index in [2.05, 4.69) is 15.1 Å². The van der Waals surface area contributed by atoms with Crippen LogP contribution in [0.2, 0.25) is 0 Å². The molecule has 2 fully saturated rings. The van der Waals surface area contributed by atoms with E-state index in [1.54, 1.807) is 25.0 Å². The zero-order valence-electron chi connectivity index (χ0n) is 22.0. The first-order chi connectivity index (χ1) is 18.6. The van der Waals surface area contributed by atoms with Crippen LogP contribution in [0.15, 0.2) is 47.2 Å². The van der Waals surface area contributed by atoms with Crippen LogP contribution < -0.4 is 14.8 Å². The van der Waals surface area contributed by atoms with Crippen LogP contribution in [0.3, 0.4) is 0 Å². The van der Waals surface area contributed by atoms with E-state index in [-0.39, 0.29) is 0 Å². The second-order valence-electron chi connectivity index (χ2n) is 9.78. The molecule has 11 heteroatoms. The maximum atomic E-state index is 5.62. The summed E-state index contributed by atoms with van der Waals surface area (Å²) in [6.45, 7) is 5.36. The molecular weight excluding hydrogens is 486 g/mol. The first-order valence-electron chi connectivity index (χ1n) is 12.9. The van der Waals surface area contributed by atoms with Crippen molar-refractivity contribution in [1.82, 2.24) is 29.4 Å². The van der Waals surface area contributed by atoms with Gasteiger partial charge in [0.1, 0.15) is 0 Å². The van der Waals surface area contributed by atoms with Crippen LogP contribution >= 0.6 is 0 Å². The van der Waals surface area contributed by atoms with Crippen LogP contribution in [-0.2, 0) is 17.8 Å². The lowest BCUT2D eigenvalue weighted by molar-refractivity contribution is 0.0908. The number of aromatic nitrogens is 4. The molecule has 2 aliphatic heterocycles. The summed E-state index contributed by atoms with van der Waals surface area (Å²) in [5.74, 6) is 3.13. The van der Waals surface area contributed by atoms with Crippen molar-refractivity contribution < 1.29 is 18.6 Å². The molecule has 0 radical (unpaired) electrons. The molecular formula is C27H33N7O4. The van der Waals surface area contributed by atoms with E-state index in [1.807, 2.05) is 43.6 Å². The molecule has 2 aliphatic rings. The Balaban J connectivity index is 1.25. The van der Waals surface area contributed by atoms with Crippen LogP contribution in [0.25, 0.3) is 17.2 Å². The number of piperazine rings is 1. The van der Waals surface area contributed by atoms with Gasteiger partial charge in [0.05, 0.1) is 26.6 Å². The Morgan fingerprint density at radius 1 is 1.08 bits per heavy atom. The number of rotatable bonds is 9. The van der Waals surface area contributed by atoms with Crippen molar-refractivity contribution in [3.63, 3.8) is 0 Å². The Hall–Kier alpha value is -3.67. The summed E-state index contributed by atoms with van der Waals surface area (Å²) < 4.78 is 23.8. The van der Waals surface area contributed by atoms with E-state index in [9.17, 15) is 0 Å². The molecule has 0 spiro atoms. The maximum Gasteiger partial charge on any atom is 0.226 e. The third-order valence-corrected chi connectivity index (χ3v) is 7.47. The molecule has 5 heterocycles. The molecule has 6 rings (SSSR count). The van der Waals surface area contributed by atoms with Gasteiger partial charge < -0.3 is 23.9 Å².